The Hall–Kier alpha value is -1.39. The van der Waals surface area contributed by atoms with Gasteiger partial charge in [0.25, 0.3) is 0 Å². The quantitative estimate of drug-likeness (QED) is 0.640. The van der Waals surface area contributed by atoms with Crippen molar-refractivity contribution in [2.24, 2.45) is 0 Å². The lowest BCUT2D eigenvalue weighted by atomic mass is 10.1. The molecule has 2 atom stereocenters. The molecule has 2 unspecified atom stereocenters. The maximum absolute atomic E-state index is 12.1. The predicted octanol–water partition coefficient (Wildman–Crippen LogP) is 2.39. The van der Waals surface area contributed by atoms with Gasteiger partial charge in [0.15, 0.2) is 0 Å². The van der Waals surface area contributed by atoms with E-state index in [1.54, 1.807) is 12.1 Å². The number of nitrogens with one attached hydrogen (secondary N) is 1. The van der Waals surface area contributed by atoms with Gasteiger partial charge in [-0.25, -0.2) is 4.79 Å². The van der Waals surface area contributed by atoms with Crippen molar-refractivity contribution >= 4 is 5.97 Å². The molecule has 20 heavy (non-hydrogen) atoms. The fourth-order valence-electron chi connectivity index (χ4n) is 2.27. The Balaban J connectivity index is 1.89. The van der Waals surface area contributed by atoms with E-state index in [-0.39, 0.29) is 18.2 Å². The highest BCUT2D eigenvalue weighted by atomic mass is 16.6. The zero-order valence-electron chi connectivity index (χ0n) is 12.0. The highest BCUT2D eigenvalue weighted by Crippen LogP contribution is 2.15. The van der Waals surface area contributed by atoms with E-state index in [2.05, 4.69) is 12.2 Å². The molecule has 1 aromatic rings. The highest BCUT2D eigenvalue weighted by molar-refractivity contribution is 5.89. The zero-order chi connectivity index (χ0) is 14.2. The number of carbonyl (C=O) groups is 1. The summed E-state index contributed by atoms with van der Waals surface area (Å²) in [5, 5.41) is 3.29. The van der Waals surface area contributed by atoms with Crippen LogP contribution < -0.4 is 5.32 Å². The van der Waals surface area contributed by atoms with Crippen LogP contribution in [0.2, 0.25) is 0 Å². The molecule has 1 saturated heterocycles. The molecule has 1 aliphatic rings. The lowest BCUT2D eigenvalue weighted by molar-refractivity contribution is -0.0647. The summed E-state index contributed by atoms with van der Waals surface area (Å²) in [6.07, 6.45) is 2.75. The standard InChI is InChI=1S/C16H23NO3/c1-2-3-11-19-15-12-17-10-9-14(15)20-16(18)13-7-5-4-6-8-13/h4-8,14-15,17H,2-3,9-12H2,1H3. The van der Waals surface area contributed by atoms with E-state index < -0.39 is 0 Å². The fraction of sp³-hybridized carbons (Fsp3) is 0.562. The maximum Gasteiger partial charge on any atom is 0.338 e. The van der Waals surface area contributed by atoms with E-state index in [9.17, 15) is 4.79 Å². The first kappa shape index (κ1) is 15.0. The van der Waals surface area contributed by atoms with E-state index in [4.69, 9.17) is 9.47 Å². The molecule has 2 rings (SSSR count). The second-order valence-corrected chi connectivity index (χ2v) is 5.07. The summed E-state index contributed by atoms with van der Waals surface area (Å²) in [7, 11) is 0. The first-order valence-electron chi connectivity index (χ1n) is 7.39. The van der Waals surface area contributed by atoms with Crippen LogP contribution in [0.3, 0.4) is 0 Å². The van der Waals surface area contributed by atoms with Gasteiger partial charge < -0.3 is 14.8 Å². The monoisotopic (exact) mass is 277 g/mol. The number of hydrogen-bond donors (Lipinski definition) is 1. The van der Waals surface area contributed by atoms with E-state index in [1.165, 1.54) is 0 Å². The first-order chi connectivity index (χ1) is 9.81. The van der Waals surface area contributed by atoms with Gasteiger partial charge in [0.1, 0.15) is 12.2 Å². The molecular formula is C16H23NO3. The molecule has 4 heteroatoms. The lowest BCUT2D eigenvalue weighted by Crippen LogP contribution is -2.47. The number of rotatable bonds is 6. The van der Waals surface area contributed by atoms with Gasteiger partial charge in [-0.05, 0) is 31.5 Å². The number of ether oxygens (including phenoxy) is 2. The largest absolute Gasteiger partial charge is 0.456 e. The molecule has 0 saturated carbocycles. The second-order valence-electron chi connectivity index (χ2n) is 5.07. The molecule has 0 aromatic heterocycles. The minimum Gasteiger partial charge on any atom is -0.456 e. The summed E-state index contributed by atoms with van der Waals surface area (Å²) in [5.41, 5.74) is 0.596. The van der Waals surface area contributed by atoms with Crippen LogP contribution in [0.25, 0.3) is 0 Å². The molecule has 0 radical (unpaired) electrons. The van der Waals surface area contributed by atoms with E-state index >= 15 is 0 Å². The third-order valence-electron chi connectivity index (χ3n) is 3.46. The number of unbranched alkanes of at least 4 members (excludes halogenated alkanes) is 1. The van der Waals surface area contributed by atoms with Crippen LogP contribution in [0, 0.1) is 0 Å². The van der Waals surface area contributed by atoms with Crippen LogP contribution >= 0.6 is 0 Å². The third kappa shape index (κ3) is 4.32. The van der Waals surface area contributed by atoms with Crippen molar-refractivity contribution in [2.45, 2.75) is 38.4 Å². The van der Waals surface area contributed by atoms with Gasteiger partial charge in [0.05, 0.1) is 5.56 Å². The van der Waals surface area contributed by atoms with Crippen molar-refractivity contribution in [3.05, 3.63) is 35.9 Å². The molecule has 110 valence electrons. The van der Waals surface area contributed by atoms with Crippen LogP contribution in [0.1, 0.15) is 36.5 Å². The average Bonchev–Trinajstić information content (AvgIpc) is 2.50. The third-order valence-corrected chi connectivity index (χ3v) is 3.46. The van der Waals surface area contributed by atoms with Gasteiger partial charge in [-0.15, -0.1) is 0 Å². The van der Waals surface area contributed by atoms with Crippen molar-refractivity contribution in [1.29, 1.82) is 0 Å². The van der Waals surface area contributed by atoms with Crippen molar-refractivity contribution in [1.82, 2.24) is 5.32 Å². The smallest absolute Gasteiger partial charge is 0.338 e. The zero-order valence-corrected chi connectivity index (χ0v) is 12.0. The molecule has 0 aliphatic carbocycles. The Kier molecular flexibility index (Phi) is 6.02. The molecule has 0 spiro atoms. The summed E-state index contributed by atoms with van der Waals surface area (Å²) in [6.45, 7) is 4.47. The molecular weight excluding hydrogens is 254 g/mol. The van der Waals surface area contributed by atoms with Crippen molar-refractivity contribution in [2.75, 3.05) is 19.7 Å². The van der Waals surface area contributed by atoms with Crippen LogP contribution in [0.4, 0.5) is 0 Å². The van der Waals surface area contributed by atoms with Gasteiger partial charge in [0, 0.05) is 13.2 Å². The topological polar surface area (TPSA) is 47.6 Å². The van der Waals surface area contributed by atoms with Gasteiger partial charge in [-0.2, -0.15) is 0 Å². The van der Waals surface area contributed by atoms with E-state index in [0.717, 1.165) is 39.0 Å². The molecule has 4 nitrogen and oxygen atoms in total. The van der Waals surface area contributed by atoms with Crippen molar-refractivity contribution < 1.29 is 14.3 Å². The first-order valence-corrected chi connectivity index (χ1v) is 7.39. The molecule has 1 N–H and O–H groups in total. The number of hydrogen-bond acceptors (Lipinski definition) is 4. The minimum atomic E-state index is -0.262. The fourth-order valence-corrected chi connectivity index (χ4v) is 2.27. The van der Waals surface area contributed by atoms with E-state index in [1.807, 2.05) is 18.2 Å². The molecule has 0 amide bonds. The summed E-state index contributed by atoms with van der Waals surface area (Å²) in [6, 6.07) is 9.12. The van der Waals surface area contributed by atoms with E-state index in [0.29, 0.717) is 5.56 Å². The average molecular weight is 277 g/mol. The normalized spacial score (nSPS) is 22.4. The molecule has 1 fully saturated rings. The van der Waals surface area contributed by atoms with Gasteiger partial charge in [-0.1, -0.05) is 31.5 Å². The molecule has 1 aromatic carbocycles. The number of benzene rings is 1. The van der Waals surface area contributed by atoms with Gasteiger partial charge in [-0.3, -0.25) is 0 Å². The van der Waals surface area contributed by atoms with Crippen molar-refractivity contribution in [3.63, 3.8) is 0 Å². The predicted molar refractivity (Wildman–Crippen MR) is 77.8 cm³/mol. The summed E-state index contributed by atoms with van der Waals surface area (Å²) in [4.78, 5) is 12.1. The van der Waals surface area contributed by atoms with Crippen LogP contribution in [-0.4, -0.2) is 37.9 Å². The van der Waals surface area contributed by atoms with Crippen LogP contribution in [0.15, 0.2) is 30.3 Å². The lowest BCUT2D eigenvalue weighted by Gasteiger charge is -2.31. The SMILES string of the molecule is CCCCOC1CNCCC1OC(=O)c1ccccc1. The second kappa shape index (κ2) is 8.02. The number of esters is 1. The number of carbonyl (C=O) groups excluding carboxylic acids is 1. The Morgan fingerprint density at radius 2 is 2.10 bits per heavy atom. The molecule has 0 bridgehead atoms. The summed E-state index contributed by atoms with van der Waals surface area (Å²) in [5.74, 6) is -0.262. The van der Waals surface area contributed by atoms with Crippen LogP contribution in [0.5, 0.6) is 0 Å². The maximum atomic E-state index is 12.1. The van der Waals surface area contributed by atoms with Gasteiger partial charge >= 0.3 is 5.97 Å². The van der Waals surface area contributed by atoms with Crippen LogP contribution in [-0.2, 0) is 9.47 Å². The molecule has 1 aliphatic heterocycles. The Morgan fingerprint density at radius 1 is 1.30 bits per heavy atom. The Morgan fingerprint density at radius 3 is 2.85 bits per heavy atom. The van der Waals surface area contributed by atoms with Gasteiger partial charge in [0.2, 0.25) is 0 Å². The minimum absolute atomic E-state index is 0.0389. The van der Waals surface area contributed by atoms with Crippen molar-refractivity contribution in [3.8, 4) is 0 Å². The Labute approximate surface area is 120 Å². The highest BCUT2D eigenvalue weighted by Gasteiger charge is 2.29. The summed E-state index contributed by atoms with van der Waals surface area (Å²) >= 11 is 0. The Bertz CT molecular complexity index is 407. The summed E-state index contributed by atoms with van der Waals surface area (Å²) < 4.78 is 11.4. The molecule has 1 heterocycles. The number of piperidine rings is 1.